The Labute approximate surface area is 110 Å². The van der Waals surface area contributed by atoms with Crippen LogP contribution in [0.3, 0.4) is 0 Å². The first-order valence-corrected chi connectivity index (χ1v) is 5.80. The molecular formula is C11H15N5O3. The summed E-state index contributed by atoms with van der Waals surface area (Å²) in [5, 5.41) is 3.08. The molecular weight excluding hydrogens is 250 g/mol. The second-order valence-electron chi connectivity index (χ2n) is 4.07. The molecule has 0 saturated carbocycles. The Morgan fingerprint density at radius 3 is 3.00 bits per heavy atom. The Morgan fingerprint density at radius 2 is 2.32 bits per heavy atom. The number of hydrogen-bond acceptors (Lipinski definition) is 7. The van der Waals surface area contributed by atoms with Gasteiger partial charge in [-0.1, -0.05) is 0 Å². The summed E-state index contributed by atoms with van der Waals surface area (Å²) >= 11 is 0. The van der Waals surface area contributed by atoms with Gasteiger partial charge in [-0.25, -0.2) is 9.78 Å². The molecule has 1 atom stereocenters. The van der Waals surface area contributed by atoms with Crippen LogP contribution in [0.2, 0.25) is 0 Å². The predicted octanol–water partition coefficient (Wildman–Crippen LogP) is -1.47. The second-order valence-corrected chi connectivity index (χ2v) is 4.07. The number of nitrogens with two attached hydrogens (primary N) is 1. The molecule has 1 aliphatic heterocycles. The number of esters is 1. The number of ether oxygens (including phenoxy) is 1. The SMILES string of the molecule is COC(=O)c1cncc(N2CCNCC2C(N)=O)n1. The number of rotatable bonds is 3. The Morgan fingerprint density at radius 1 is 1.53 bits per heavy atom. The molecule has 0 aliphatic carbocycles. The van der Waals surface area contributed by atoms with Crippen LogP contribution in [0.15, 0.2) is 12.4 Å². The van der Waals surface area contributed by atoms with E-state index in [2.05, 4.69) is 20.0 Å². The number of amides is 1. The molecule has 2 heterocycles. The Hall–Kier alpha value is -2.22. The maximum absolute atomic E-state index is 11.4. The summed E-state index contributed by atoms with van der Waals surface area (Å²) in [4.78, 5) is 32.7. The van der Waals surface area contributed by atoms with Crippen LogP contribution in [0.5, 0.6) is 0 Å². The number of methoxy groups -OCH3 is 1. The molecule has 19 heavy (non-hydrogen) atoms. The average Bonchev–Trinajstić information content (AvgIpc) is 2.46. The zero-order valence-electron chi connectivity index (χ0n) is 10.5. The average molecular weight is 265 g/mol. The maximum atomic E-state index is 11.4. The Balaban J connectivity index is 2.29. The highest BCUT2D eigenvalue weighted by atomic mass is 16.5. The summed E-state index contributed by atoms with van der Waals surface area (Å²) in [7, 11) is 1.27. The first kappa shape index (κ1) is 13.2. The van der Waals surface area contributed by atoms with E-state index in [0.29, 0.717) is 25.5 Å². The molecule has 2 rings (SSSR count). The molecule has 0 aromatic carbocycles. The van der Waals surface area contributed by atoms with Gasteiger partial charge in [0.25, 0.3) is 0 Å². The third-order valence-electron chi connectivity index (χ3n) is 2.88. The Kier molecular flexibility index (Phi) is 3.91. The van der Waals surface area contributed by atoms with Gasteiger partial charge in [0, 0.05) is 19.6 Å². The minimum atomic E-state index is -0.569. The normalized spacial score (nSPS) is 19.0. The minimum absolute atomic E-state index is 0.0988. The molecule has 8 nitrogen and oxygen atoms in total. The molecule has 0 radical (unpaired) electrons. The van der Waals surface area contributed by atoms with E-state index >= 15 is 0 Å². The molecule has 1 aliphatic rings. The molecule has 1 amide bonds. The quantitative estimate of drug-likeness (QED) is 0.642. The summed E-state index contributed by atoms with van der Waals surface area (Å²) in [6.07, 6.45) is 2.81. The molecule has 1 aromatic rings. The highest BCUT2D eigenvalue weighted by Crippen LogP contribution is 2.15. The first-order chi connectivity index (χ1) is 9.13. The largest absolute Gasteiger partial charge is 0.464 e. The fourth-order valence-electron chi connectivity index (χ4n) is 1.93. The van der Waals surface area contributed by atoms with Crippen molar-refractivity contribution in [2.24, 2.45) is 5.73 Å². The van der Waals surface area contributed by atoms with Gasteiger partial charge >= 0.3 is 5.97 Å². The van der Waals surface area contributed by atoms with Gasteiger partial charge in [0.1, 0.15) is 11.9 Å². The van der Waals surface area contributed by atoms with Crippen LogP contribution < -0.4 is 16.0 Å². The van der Waals surface area contributed by atoms with Gasteiger partial charge in [0.05, 0.1) is 19.5 Å². The monoisotopic (exact) mass is 265 g/mol. The number of nitrogens with one attached hydrogen (secondary N) is 1. The number of carbonyl (C=O) groups is 2. The van der Waals surface area contributed by atoms with Gasteiger partial charge in [-0.2, -0.15) is 0 Å². The predicted molar refractivity (Wildman–Crippen MR) is 66.6 cm³/mol. The molecule has 3 N–H and O–H groups in total. The van der Waals surface area contributed by atoms with Crippen molar-refractivity contribution >= 4 is 17.7 Å². The number of carbonyl (C=O) groups excluding carboxylic acids is 2. The summed E-state index contributed by atoms with van der Waals surface area (Å²) in [5.41, 5.74) is 5.46. The maximum Gasteiger partial charge on any atom is 0.358 e. The number of aromatic nitrogens is 2. The van der Waals surface area contributed by atoms with Gasteiger partial charge in [-0.15, -0.1) is 0 Å². The highest BCUT2D eigenvalue weighted by molar-refractivity contribution is 5.87. The zero-order valence-corrected chi connectivity index (χ0v) is 10.5. The van der Waals surface area contributed by atoms with Crippen LogP contribution in [0.1, 0.15) is 10.5 Å². The van der Waals surface area contributed by atoms with Crippen molar-refractivity contribution < 1.29 is 14.3 Å². The summed E-state index contributed by atoms with van der Waals surface area (Å²) < 4.78 is 4.59. The van der Waals surface area contributed by atoms with Crippen LogP contribution in [-0.2, 0) is 9.53 Å². The van der Waals surface area contributed by atoms with Gasteiger partial charge < -0.3 is 20.7 Å². The fourth-order valence-corrected chi connectivity index (χ4v) is 1.93. The number of anilines is 1. The molecule has 8 heteroatoms. The Bertz CT molecular complexity index is 493. The highest BCUT2D eigenvalue weighted by Gasteiger charge is 2.28. The van der Waals surface area contributed by atoms with E-state index in [1.54, 1.807) is 4.90 Å². The van der Waals surface area contributed by atoms with Gasteiger partial charge in [-0.3, -0.25) is 9.78 Å². The van der Waals surface area contributed by atoms with Crippen LogP contribution in [0.25, 0.3) is 0 Å². The standard InChI is InChI=1S/C11H15N5O3/c1-19-11(18)7-4-14-6-9(15-7)16-3-2-13-5-8(16)10(12)17/h4,6,8,13H,2-3,5H2,1H3,(H2,12,17). The van der Waals surface area contributed by atoms with Gasteiger partial charge in [-0.05, 0) is 0 Å². The van der Waals surface area contributed by atoms with Crippen molar-refractivity contribution in [3.8, 4) is 0 Å². The van der Waals surface area contributed by atoms with Crippen molar-refractivity contribution in [2.75, 3.05) is 31.6 Å². The molecule has 1 aromatic heterocycles. The summed E-state index contributed by atoms with van der Waals surface area (Å²) in [6, 6.07) is -0.504. The topological polar surface area (TPSA) is 110 Å². The number of primary amides is 1. The minimum Gasteiger partial charge on any atom is -0.464 e. The molecule has 0 bridgehead atoms. The number of nitrogens with zero attached hydrogens (tertiary/aromatic N) is 3. The number of hydrogen-bond donors (Lipinski definition) is 2. The summed E-state index contributed by atoms with van der Waals surface area (Å²) in [5.74, 6) is -0.578. The van der Waals surface area contributed by atoms with E-state index in [-0.39, 0.29) is 5.69 Å². The third-order valence-corrected chi connectivity index (χ3v) is 2.88. The molecule has 1 unspecified atom stereocenters. The van der Waals surface area contributed by atoms with Crippen molar-refractivity contribution in [2.45, 2.75) is 6.04 Å². The lowest BCUT2D eigenvalue weighted by atomic mass is 10.2. The molecule has 1 fully saturated rings. The van der Waals surface area contributed by atoms with Crippen LogP contribution >= 0.6 is 0 Å². The number of piperazine rings is 1. The third kappa shape index (κ3) is 2.79. The van der Waals surface area contributed by atoms with E-state index < -0.39 is 17.9 Å². The van der Waals surface area contributed by atoms with Crippen molar-refractivity contribution in [3.05, 3.63) is 18.1 Å². The second kappa shape index (κ2) is 5.61. The van der Waals surface area contributed by atoms with Crippen molar-refractivity contribution in [3.63, 3.8) is 0 Å². The van der Waals surface area contributed by atoms with Gasteiger partial charge in [0.15, 0.2) is 5.69 Å². The first-order valence-electron chi connectivity index (χ1n) is 5.80. The van der Waals surface area contributed by atoms with Crippen LogP contribution in [-0.4, -0.2) is 54.6 Å². The fraction of sp³-hybridized carbons (Fsp3) is 0.455. The van der Waals surface area contributed by atoms with E-state index in [4.69, 9.17) is 5.73 Å². The molecule has 0 spiro atoms. The van der Waals surface area contributed by atoms with Crippen LogP contribution in [0.4, 0.5) is 5.82 Å². The summed E-state index contributed by atoms with van der Waals surface area (Å²) in [6.45, 7) is 1.71. The lowest BCUT2D eigenvalue weighted by Gasteiger charge is -2.34. The van der Waals surface area contributed by atoms with Gasteiger partial charge in [0.2, 0.25) is 5.91 Å². The lowest BCUT2D eigenvalue weighted by Crippen LogP contribution is -2.57. The lowest BCUT2D eigenvalue weighted by molar-refractivity contribution is -0.119. The smallest absolute Gasteiger partial charge is 0.358 e. The van der Waals surface area contributed by atoms with E-state index in [9.17, 15) is 9.59 Å². The van der Waals surface area contributed by atoms with Crippen LogP contribution in [0, 0.1) is 0 Å². The van der Waals surface area contributed by atoms with Crippen molar-refractivity contribution in [1.82, 2.24) is 15.3 Å². The van der Waals surface area contributed by atoms with Crippen molar-refractivity contribution in [1.29, 1.82) is 0 Å². The zero-order chi connectivity index (χ0) is 13.8. The van der Waals surface area contributed by atoms with E-state index in [1.165, 1.54) is 19.5 Å². The molecule has 1 saturated heterocycles. The van der Waals surface area contributed by atoms with E-state index in [0.717, 1.165) is 0 Å². The molecule has 102 valence electrons. The van der Waals surface area contributed by atoms with E-state index in [1.807, 2.05) is 0 Å².